The molecular weight excluding hydrogens is 357 g/mol. The summed E-state index contributed by atoms with van der Waals surface area (Å²) in [7, 11) is -4.19. The van der Waals surface area contributed by atoms with Crippen LogP contribution in [0.5, 0.6) is 0 Å². The Bertz CT molecular complexity index is 1060. The predicted octanol–water partition coefficient (Wildman–Crippen LogP) is 2.55. The molecule has 1 N–H and O–H groups in total. The fraction of sp³-hybridized carbons (Fsp3) is 0.0667. The molecule has 9 heteroatoms. The molecule has 3 aromatic rings. The molecular formula is C15H11ClFN3O3S. The van der Waals surface area contributed by atoms with Crippen LogP contribution in [0.25, 0.3) is 5.52 Å². The van der Waals surface area contributed by atoms with Crippen LogP contribution in [0.1, 0.15) is 15.9 Å². The molecule has 1 amide bonds. The normalized spacial score (nSPS) is 11.6. The number of nitrogens with one attached hydrogen (secondary N) is 1. The number of aryl methyl sites for hydroxylation is 1. The first kappa shape index (κ1) is 16.4. The van der Waals surface area contributed by atoms with Crippen LogP contribution in [-0.2, 0) is 10.0 Å². The molecule has 0 unspecified atom stereocenters. The van der Waals surface area contributed by atoms with Gasteiger partial charge in [0.15, 0.2) is 0 Å². The van der Waals surface area contributed by atoms with E-state index in [-0.39, 0.29) is 15.5 Å². The van der Waals surface area contributed by atoms with E-state index < -0.39 is 21.7 Å². The van der Waals surface area contributed by atoms with E-state index >= 15 is 0 Å². The zero-order chi connectivity index (χ0) is 17.5. The van der Waals surface area contributed by atoms with Crippen LogP contribution in [-0.4, -0.2) is 23.9 Å². The van der Waals surface area contributed by atoms with E-state index in [0.29, 0.717) is 5.52 Å². The summed E-state index contributed by atoms with van der Waals surface area (Å²) in [5.41, 5.74) is 1.47. The molecule has 0 fully saturated rings. The fourth-order valence-corrected chi connectivity index (χ4v) is 3.38. The molecule has 0 radical (unpaired) electrons. The minimum Gasteiger partial charge on any atom is -0.268 e. The van der Waals surface area contributed by atoms with Crippen LogP contribution < -0.4 is 4.72 Å². The molecule has 0 saturated heterocycles. The number of aromatic nitrogens is 2. The number of halogens is 2. The van der Waals surface area contributed by atoms with Crippen LogP contribution in [0.4, 0.5) is 4.39 Å². The maximum absolute atomic E-state index is 13.2. The number of hydrogen-bond acceptors (Lipinski definition) is 4. The first-order valence-corrected chi connectivity index (χ1v) is 8.60. The van der Waals surface area contributed by atoms with Crippen molar-refractivity contribution in [1.29, 1.82) is 0 Å². The average molecular weight is 368 g/mol. The summed E-state index contributed by atoms with van der Waals surface area (Å²) in [4.78, 5) is 12.0. The van der Waals surface area contributed by atoms with E-state index in [1.54, 1.807) is 18.3 Å². The number of pyridine rings is 1. The van der Waals surface area contributed by atoms with E-state index in [9.17, 15) is 17.6 Å². The predicted molar refractivity (Wildman–Crippen MR) is 86.0 cm³/mol. The van der Waals surface area contributed by atoms with Crippen molar-refractivity contribution in [3.8, 4) is 0 Å². The molecule has 6 nitrogen and oxygen atoms in total. The van der Waals surface area contributed by atoms with Crippen molar-refractivity contribution in [2.75, 3.05) is 0 Å². The number of carbonyl (C=O) groups excluding carboxylic acids is 1. The van der Waals surface area contributed by atoms with E-state index in [0.717, 1.165) is 23.8 Å². The number of benzene rings is 1. The smallest absolute Gasteiger partial charge is 0.268 e. The quantitative estimate of drug-likeness (QED) is 0.771. The molecule has 1 aromatic carbocycles. The molecule has 0 atom stereocenters. The minimum atomic E-state index is -4.19. The van der Waals surface area contributed by atoms with Gasteiger partial charge < -0.3 is 0 Å². The highest BCUT2D eigenvalue weighted by molar-refractivity contribution is 7.90. The van der Waals surface area contributed by atoms with Gasteiger partial charge in [0.1, 0.15) is 5.82 Å². The van der Waals surface area contributed by atoms with Crippen LogP contribution in [0, 0.1) is 12.7 Å². The second kappa shape index (κ2) is 5.88. The SMILES string of the molecule is Cc1ccn2ncc(C(=O)NS(=O)(=O)c3ccc(F)c(Cl)c3)c2c1. The van der Waals surface area contributed by atoms with Crippen molar-refractivity contribution < 1.29 is 17.6 Å². The average Bonchev–Trinajstić information content (AvgIpc) is 2.92. The lowest BCUT2D eigenvalue weighted by molar-refractivity contribution is 0.0983. The van der Waals surface area contributed by atoms with Gasteiger partial charge in [0.05, 0.1) is 27.2 Å². The molecule has 124 valence electrons. The van der Waals surface area contributed by atoms with E-state index in [1.807, 2.05) is 11.6 Å². The number of fused-ring (bicyclic) bond motifs is 1. The molecule has 2 aromatic heterocycles. The monoisotopic (exact) mass is 367 g/mol. The summed E-state index contributed by atoms with van der Waals surface area (Å²) in [6, 6.07) is 6.39. The number of amides is 1. The Morgan fingerprint density at radius 3 is 2.75 bits per heavy atom. The highest BCUT2D eigenvalue weighted by Gasteiger charge is 2.22. The summed E-state index contributed by atoms with van der Waals surface area (Å²) in [5.74, 6) is -1.59. The number of nitrogens with zero attached hydrogens (tertiary/aromatic N) is 2. The van der Waals surface area contributed by atoms with Gasteiger partial charge in [-0.1, -0.05) is 11.6 Å². The number of sulfonamides is 1. The molecule has 24 heavy (non-hydrogen) atoms. The van der Waals surface area contributed by atoms with Gasteiger partial charge in [0.2, 0.25) is 0 Å². The maximum atomic E-state index is 13.2. The standard InChI is InChI=1S/C15H11ClFN3O3S/c1-9-4-5-20-14(6-9)11(8-18-20)15(21)19-24(22,23)10-2-3-13(17)12(16)7-10/h2-8H,1H3,(H,19,21). The lowest BCUT2D eigenvalue weighted by atomic mass is 10.2. The third-order valence-electron chi connectivity index (χ3n) is 3.35. The van der Waals surface area contributed by atoms with E-state index in [2.05, 4.69) is 5.10 Å². The molecule has 0 aliphatic carbocycles. The first-order chi connectivity index (χ1) is 11.3. The lowest BCUT2D eigenvalue weighted by Gasteiger charge is -2.07. The third kappa shape index (κ3) is 2.98. The van der Waals surface area contributed by atoms with Gasteiger partial charge in [-0.25, -0.2) is 22.0 Å². The van der Waals surface area contributed by atoms with Crippen LogP contribution >= 0.6 is 11.6 Å². The highest BCUT2D eigenvalue weighted by atomic mass is 35.5. The Balaban J connectivity index is 1.95. The second-order valence-corrected chi connectivity index (χ2v) is 7.19. The summed E-state index contributed by atoms with van der Waals surface area (Å²) in [5, 5.41) is 3.65. The molecule has 0 aliphatic heterocycles. The zero-order valence-corrected chi connectivity index (χ0v) is 13.9. The lowest BCUT2D eigenvalue weighted by Crippen LogP contribution is -2.30. The Labute approximate surface area is 141 Å². The molecule has 3 rings (SSSR count). The van der Waals surface area contributed by atoms with Crippen molar-refractivity contribution in [3.63, 3.8) is 0 Å². The number of carbonyl (C=O) groups is 1. The van der Waals surface area contributed by atoms with E-state index in [1.165, 1.54) is 10.7 Å². The minimum absolute atomic E-state index is 0.107. The van der Waals surface area contributed by atoms with Gasteiger partial charge in [0.25, 0.3) is 15.9 Å². The topological polar surface area (TPSA) is 80.5 Å². The zero-order valence-electron chi connectivity index (χ0n) is 12.3. The van der Waals surface area contributed by atoms with Crippen LogP contribution in [0.15, 0.2) is 47.6 Å². The molecule has 0 saturated carbocycles. The summed E-state index contributed by atoms with van der Waals surface area (Å²) < 4.78 is 41.1. The number of hydrogen-bond donors (Lipinski definition) is 1. The Hall–Kier alpha value is -2.45. The van der Waals surface area contributed by atoms with Crippen molar-refractivity contribution >= 4 is 33.0 Å². The van der Waals surface area contributed by atoms with Gasteiger partial charge >= 0.3 is 0 Å². The molecule has 0 aliphatic rings. The number of rotatable bonds is 3. The van der Waals surface area contributed by atoms with Crippen LogP contribution in [0.3, 0.4) is 0 Å². The molecule has 0 spiro atoms. The maximum Gasteiger partial charge on any atom is 0.268 e. The Morgan fingerprint density at radius 2 is 2.04 bits per heavy atom. The van der Waals surface area contributed by atoms with Crippen molar-refractivity contribution in [3.05, 3.63) is 64.7 Å². The van der Waals surface area contributed by atoms with Gasteiger partial charge in [-0.2, -0.15) is 5.10 Å². The summed E-state index contributed by atoms with van der Waals surface area (Å²) >= 11 is 5.59. The first-order valence-electron chi connectivity index (χ1n) is 6.74. The highest BCUT2D eigenvalue weighted by Crippen LogP contribution is 2.20. The van der Waals surface area contributed by atoms with Crippen molar-refractivity contribution in [2.45, 2.75) is 11.8 Å². The largest absolute Gasteiger partial charge is 0.268 e. The van der Waals surface area contributed by atoms with Crippen molar-refractivity contribution in [2.24, 2.45) is 0 Å². The summed E-state index contributed by atoms with van der Waals surface area (Å²) in [6.07, 6.45) is 2.94. The van der Waals surface area contributed by atoms with Crippen molar-refractivity contribution in [1.82, 2.24) is 14.3 Å². The van der Waals surface area contributed by atoms with Gasteiger partial charge in [0, 0.05) is 6.20 Å². The van der Waals surface area contributed by atoms with E-state index in [4.69, 9.17) is 11.6 Å². The molecule has 0 bridgehead atoms. The van der Waals surface area contributed by atoms with Gasteiger partial charge in [-0.15, -0.1) is 0 Å². The Morgan fingerprint density at radius 1 is 1.29 bits per heavy atom. The van der Waals surface area contributed by atoms with Gasteiger partial charge in [-0.3, -0.25) is 4.79 Å². The molecule has 2 heterocycles. The Kier molecular flexibility index (Phi) is 4.02. The van der Waals surface area contributed by atoms with Crippen LogP contribution in [0.2, 0.25) is 5.02 Å². The van der Waals surface area contributed by atoms with Gasteiger partial charge in [-0.05, 0) is 42.8 Å². The summed E-state index contributed by atoms with van der Waals surface area (Å²) in [6.45, 7) is 1.84. The second-order valence-electron chi connectivity index (χ2n) is 5.10. The fourth-order valence-electron chi connectivity index (χ4n) is 2.14. The third-order valence-corrected chi connectivity index (χ3v) is 4.97.